The Morgan fingerprint density at radius 2 is 1.69 bits per heavy atom. The van der Waals surface area contributed by atoms with Crippen molar-refractivity contribution in [3.63, 3.8) is 0 Å². The van der Waals surface area contributed by atoms with Gasteiger partial charge in [0.2, 0.25) is 11.8 Å². The maximum Gasteiger partial charge on any atom is 0.246 e. The van der Waals surface area contributed by atoms with E-state index in [1.54, 1.807) is 25.1 Å². The van der Waals surface area contributed by atoms with Crippen molar-refractivity contribution in [3.8, 4) is 0 Å². The largest absolute Gasteiger partial charge is 0.378 e. The summed E-state index contributed by atoms with van der Waals surface area (Å²) in [5.41, 5.74) is 3.07. The van der Waals surface area contributed by atoms with E-state index in [1.165, 1.54) is 6.92 Å². The molecule has 2 amide bonds. The maximum atomic E-state index is 12.5. The number of carbonyl (C=O) groups excluding carboxylic acids is 2. The molecule has 1 saturated heterocycles. The maximum absolute atomic E-state index is 12.5. The van der Waals surface area contributed by atoms with Crippen molar-refractivity contribution in [1.82, 2.24) is 0 Å². The quantitative estimate of drug-likeness (QED) is 0.670. The third-order valence-electron chi connectivity index (χ3n) is 4.57. The zero-order valence-electron chi connectivity index (χ0n) is 16.5. The molecule has 0 aromatic heterocycles. The van der Waals surface area contributed by atoms with Crippen molar-refractivity contribution in [2.75, 3.05) is 47.2 Å². The van der Waals surface area contributed by atoms with Gasteiger partial charge in [-0.15, -0.1) is 0 Å². The first-order valence-corrected chi connectivity index (χ1v) is 9.87. The molecule has 1 aliphatic rings. The zero-order chi connectivity index (χ0) is 20.8. The normalized spacial score (nSPS) is 14.8. The van der Waals surface area contributed by atoms with E-state index in [-0.39, 0.29) is 11.8 Å². The van der Waals surface area contributed by atoms with E-state index < -0.39 is 6.04 Å². The molecule has 154 valence electrons. The fourth-order valence-electron chi connectivity index (χ4n) is 3.04. The molecule has 8 heteroatoms. The summed E-state index contributed by atoms with van der Waals surface area (Å²) in [6.45, 7) is 6.40. The smallest absolute Gasteiger partial charge is 0.246 e. The van der Waals surface area contributed by atoms with E-state index in [1.807, 2.05) is 24.3 Å². The van der Waals surface area contributed by atoms with Gasteiger partial charge in [-0.3, -0.25) is 9.59 Å². The third kappa shape index (κ3) is 5.85. The molecule has 1 fully saturated rings. The fraction of sp³-hybridized carbons (Fsp3) is 0.333. The SMILES string of the molecule is CC(=O)Nc1ccc(NC(C)C(=O)Nc2ccc(N3CCOCC3)cc2)cc1Cl. The Morgan fingerprint density at radius 3 is 2.31 bits per heavy atom. The van der Waals surface area contributed by atoms with Crippen LogP contribution in [0.4, 0.5) is 22.7 Å². The molecule has 2 aromatic carbocycles. The number of nitrogens with one attached hydrogen (secondary N) is 3. The molecule has 3 N–H and O–H groups in total. The highest BCUT2D eigenvalue weighted by Crippen LogP contribution is 2.26. The van der Waals surface area contributed by atoms with Crippen LogP contribution in [0, 0.1) is 0 Å². The Kier molecular flexibility index (Phi) is 6.95. The van der Waals surface area contributed by atoms with Crippen LogP contribution in [0.5, 0.6) is 0 Å². The van der Waals surface area contributed by atoms with Crippen LogP contribution in [-0.2, 0) is 14.3 Å². The van der Waals surface area contributed by atoms with Crippen LogP contribution in [0.15, 0.2) is 42.5 Å². The van der Waals surface area contributed by atoms with E-state index in [9.17, 15) is 9.59 Å². The van der Waals surface area contributed by atoms with Crippen LogP contribution in [0.3, 0.4) is 0 Å². The Morgan fingerprint density at radius 1 is 1.03 bits per heavy atom. The van der Waals surface area contributed by atoms with Crippen LogP contribution >= 0.6 is 11.6 Å². The molecular formula is C21H25ClN4O3. The average Bonchev–Trinajstić information content (AvgIpc) is 2.71. The first-order chi connectivity index (χ1) is 13.9. The van der Waals surface area contributed by atoms with Crippen LogP contribution < -0.4 is 20.9 Å². The molecule has 1 aliphatic heterocycles. The minimum Gasteiger partial charge on any atom is -0.378 e. The van der Waals surface area contributed by atoms with Gasteiger partial charge >= 0.3 is 0 Å². The molecule has 2 aromatic rings. The molecule has 3 rings (SSSR count). The number of benzene rings is 2. The molecule has 29 heavy (non-hydrogen) atoms. The Balaban J connectivity index is 1.56. The van der Waals surface area contributed by atoms with Gasteiger partial charge in [-0.25, -0.2) is 0 Å². The van der Waals surface area contributed by atoms with Crippen molar-refractivity contribution >= 4 is 46.2 Å². The lowest BCUT2D eigenvalue weighted by molar-refractivity contribution is -0.116. The summed E-state index contributed by atoms with van der Waals surface area (Å²) in [4.78, 5) is 25.9. The first-order valence-electron chi connectivity index (χ1n) is 9.49. The second-order valence-corrected chi connectivity index (χ2v) is 7.28. The molecule has 0 spiro atoms. The van der Waals surface area contributed by atoms with E-state index in [0.717, 1.165) is 37.7 Å². The number of anilines is 4. The molecule has 7 nitrogen and oxygen atoms in total. The summed E-state index contributed by atoms with van der Waals surface area (Å²) in [5.74, 6) is -0.355. The molecule has 0 saturated carbocycles. The van der Waals surface area contributed by atoms with Gasteiger partial charge in [-0.05, 0) is 49.4 Å². The molecule has 1 unspecified atom stereocenters. The highest BCUT2D eigenvalue weighted by atomic mass is 35.5. The van der Waals surface area contributed by atoms with Gasteiger partial charge in [0.25, 0.3) is 0 Å². The Labute approximate surface area is 175 Å². The molecule has 1 atom stereocenters. The number of nitrogens with zero attached hydrogens (tertiary/aromatic N) is 1. The number of carbonyl (C=O) groups is 2. The third-order valence-corrected chi connectivity index (χ3v) is 4.88. The van der Waals surface area contributed by atoms with Gasteiger partial charge in [0, 0.05) is 37.1 Å². The van der Waals surface area contributed by atoms with E-state index in [4.69, 9.17) is 16.3 Å². The lowest BCUT2D eigenvalue weighted by Crippen LogP contribution is -2.36. The standard InChI is InChI=1S/C21H25ClN4O3/c1-14(23-17-5-8-20(19(22)13-17)24-15(2)27)21(28)25-16-3-6-18(7-4-16)26-9-11-29-12-10-26/h3-8,13-14,23H,9-12H2,1-2H3,(H,24,27)(H,25,28). The van der Waals surface area contributed by atoms with Crippen LogP contribution in [0.1, 0.15) is 13.8 Å². The molecule has 0 radical (unpaired) electrons. The lowest BCUT2D eigenvalue weighted by Gasteiger charge is -2.29. The van der Waals surface area contributed by atoms with E-state index >= 15 is 0 Å². The number of halogens is 1. The summed E-state index contributed by atoms with van der Waals surface area (Å²) in [7, 11) is 0. The predicted molar refractivity (Wildman–Crippen MR) is 117 cm³/mol. The number of hydrogen-bond acceptors (Lipinski definition) is 5. The number of morpholine rings is 1. The lowest BCUT2D eigenvalue weighted by atomic mass is 10.2. The Hall–Kier alpha value is -2.77. The monoisotopic (exact) mass is 416 g/mol. The van der Waals surface area contributed by atoms with Crippen molar-refractivity contribution in [2.24, 2.45) is 0 Å². The summed E-state index contributed by atoms with van der Waals surface area (Å²) in [6.07, 6.45) is 0. The zero-order valence-corrected chi connectivity index (χ0v) is 17.3. The summed E-state index contributed by atoms with van der Waals surface area (Å²) >= 11 is 6.18. The average molecular weight is 417 g/mol. The Bertz CT molecular complexity index is 867. The molecule has 0 aliphatic carbocycles. The van der Waals surface area contributed by atoms with Gasteiger partial charge in [-0.2, -0.15) is 0 Å². The number of rotatable bonds is 6. The summed E-state index contributed by atoms with van der Waals surface area (Å²) in [6, 6.07) is 12.5. The van der Waals surface area contributed by atoms with Gasteiger partial charge in [0.05, 0.1) is 23.9 Å². The summed E-state index contributed by atoms with van der Waals surface area (Å²) in [5, 5.41) is 9.07. The highest BCUT2D eigenvalue weighted by Gasteiger charge is 2.15. The first kappa shape index (κ1) is 21.0. The van der Waals surface area contributed by atoms with E-state index in [0.29, 0.717) is 16.4 Å². The van der Waals surface area contributed by atoms with Gasteiger partial charge in [0.1, 0.15) is 6.04 Å². The number of amides is 2. The van der Waals surface area contributed by atoms with Crippen molar-refractivity contribution in [2.45, 2.75) is 19.9 Å². The number of ether oxygens (including phenoxy) is 1. The molecule has 0 bridgehead atoms. The second-order valence-electron chi connectivity index (χ2n) is 6.88. The van der Waals surface area contributed by atoms with Gasteiger partial charge in [-0.1, -0.05) is 11.6 Å². The second kappa shape index (κ2) is 9.62. The van der Waals surface area contributed by atoms with Crippen LogP contribution in [-0.4, -0.2) is 44.2 Å². The van der Waals surface area contributed by atoms with Gasteiger partial charge < -0.3 is 25.6 Å². The van der Waals surface area contributed by atoms with Crippen molar-refractivity contribution < 1.29 is 14.3 Å². The summed E-state index contributed by atoms with van der Waals surface area (Å²) < 4.78 is 5.37. The predicted octanol–water partition coefficient (Wildman–Crippen LogP) is 3.57. The van der Waals surface area contributed by atoms with E-state index in [2.05, 4.69) is 20.9 Å². The van der Waals surface area contributed by atoms with Crippen molar-refractivity contribution in [3.05, 3.63) is 47.5 Å². The van der Waals surface area contributed by atoms with Crippen molar-refractivity contribution in [1.29, 1.82) is 0 Å². The van der Waals surface area contributed by atoms with Gasteiger partial charge in [0.15, 0.2) is 0 Å². The molecule has 1 heterocycles. The minimum absolute atomic E-state index is 0.161. The van der Waals surface area contributed by atoms with Crippen LogP contribution in [0.25, 0.3) is 0 Å². The van der Waals surface area contributed by atoms with Crippen LogP contribution in [0.2, 0.25) is 5.02 Å². The topological polar surface area (TPSA) is 82.7 Å². The number of hydrogen-bond donors (Lipinski definition) is 3. The minimum atomic E-state index is -0.475. The highest BCUT2D eigenvalue weighted by molar-refractivity contribution is 6.34. The molecular weight excluding hydrogens is 392 g/mol. The fourth-order valence-corrected chi connectivity index (χ4v) is 3.27.